The predicted molar refractivity (Wildman–Crippen MR) is 142 cm³/mol. The van der Waals surface area contributed by atoms with Crippen molar-refractivity contribution in [1.82, 2.24) is 25.2 Å². The molecule has 2 aliphatic heterocycles. The molecule has 9 nitrogen and oxygen atoms in total. The van der Waals surface area contributed by atoms with Crippen molar-refractivity contribution in [3.8, 4) is 11.3 Å². The number of carbonyl (C=O) groups excluding carboxylic acids is 1. The third-order valence-corrected chi connectivity index (χ3v) is 6.95. The molecule has 3 aromatic rings. The highest BCUT2D eigenvalue weighted by Gasteiger charge is 2.23. The number of aryl methyl sites for hydroxylation is 1. The van der Waals surface area contributed by atoms with Gasteiger partial charge in [-0.05, 0) is 19.1 Å². The number of hydrogen-bond donors (Lipinski definition) is 2. The summed E-state index contributed by atoms with van der Waals surface area (Å²) in [5.74, 6) is 1.01. The molecule has 4 heterocycles. The molecule has 1 unspecified atom stereocenters. The van der Waals surface area contributed by atoms with Crippen LogP contribution in [0.2, 0.25) is 0 Å². The third-order valence-electron chi connectivity index (χ3n) is 6.95. The van der Waals surface area contributed by atoms with Gasteiger partial charge in [0.15, 0.2) is 5.82 Å². The van der Waals surface area contributed by atoms with Crippen molar-refractivity contribution in [3.05, 3.63) is 42.2 Å². The van der Waals surface area contributed by atoms with E-state index in [0.29, 0.717) is 6.54 Å². The number of carbonyl (C=O) groups is 1. The largest absolute Gasteiger partial charge is 0.374 e. The van der Waals surface area contributed by atoms with Gasteiger partial charge in [0.25, 0.3) is 0 Å². The van der Waals surface area contributed by atoms with Crippen molar-refractivity contribution in [3.63, 3.8) is 0 Å². The summed E-state index contributed by atoms with van der Waals surface area (Å²) in [5, 5.41) is 6.82. The second-order valence-electron chi connectivity index (χ2n) is 9.78. The number of pyridine rings is 1. The lowest BCUT2D eigenvalue weighted by molar-refractivity contribution is -0.134. The first-order valence-electron chi connectivity index (χ1n) is 12.8. The van der Waals surface area contributed by atoms with Crippen LogP contribution >= 0.6 is 0 Å². The third kappa shape index (κ3) is 5.12. The van der Waals surface area contributed by atoms with Crippen molar-refractivity contribution < 1.29 is 9.53 Å². The molecule has 0 radical (unpaired) electrons. The van der Waals surface area contributed by atoms with Crippen LogP contribution in [0, 0.1) is 12.8 Å². The van der Waals surface area contributed by atoms with Gasteiger partial charge in [0.2, 0.25) is 5.91 Å². The lowest BCUT2D eigenvalue weighted by atomic mass is 10.0. The summed E-state index contributed by atoms with van der Waals surface area (Å²) in [6.07, 6.45) is 3.52. The van der Waals surface area contributed by atoms with Gasteiger partial charge in [-0.15, -0.1) is 0 Å². The maximum atomic E-state index is 12.3. The fraction of sp³-hybridized carbons (Fsp3) is 0.481. The first-order valence-corrected chi connectivity index (χ1v) is 12.8. The number of morpholine rings is 1. The molecule has 1 aromatic carbocycles. The molecule has 2 aromatic heterocycles. The van der Waals surface area contributed by atoms with E-state index < -0.39 is 0 Å². The molecular formula is C27H35N7O2. The Morgan fingerprint density at radius 1 is 1.11 bits per heavy atom. The minimum absolute atomic E-state index is 0.0458. The number of piperazine rings is 1. The molecule has 36 heavy (non-hydrogen) atoms. The van der Waals surface area contributed by atoms with E-state index in [9.17, 15) is 4.79 Å². The van der Waals surface area contributed by atoms with Crippen LogP contribution in [0.1, 0.15) is 19.4 Å². The Hall–Kier alpha value is -3.30. The average Bonchev–Trinajstić information content (AvgIpc) is 2.93. The summed E-state index contributed by atoms with van der Waals surface area (Å²) in [7, 11) is 0. The summed E-state index contributed by atoms with van der Waals surface area (Å²) in [4.78, 5) is 30.8. The summed E-state index contributed by atoms with van der Waals surface area (Å²) in [6.45, 7) is 12.3. The number of nitrogens with zero attached hydrogens (tertiary/aromatic N) is 5. The Kier molecular flexibility index (Phi) is 7.29. The Morgan fingerprint density at radius 2 is 1.83 bits per heavy atom. The van der Waals surface area contributed by atoms with Gasteiger partial charge in [-0.2, -0.15) is 0 Å². The Morgan fingerprint density at radius 3 is 2.50 bits per heavy atom. The van der Waals surface area contributed by atoms with Crippen LogP contribution in [0.3, 0.4) is 0 Å². The highest BCUT2D eigenvalue weighted by atomic mass is 16.5. The number of hydrogen-bond acceptors (Lipinski definition) is 8. The van der Waals surface area contributed by atoms with E-state index in [4.69, 9.17) is 9.72 Å². The van der Waals surface area contributed by atoms with E-state index in [0.717, 1.165) is 85.2 Å². The van der Waals surface area contributed by atoms with Crippen LogP contribution in [-0.4, -0.2) is 84.3 Å². The molecule has 2 fully saturated rings. The SMILES string of the molecule is Cc1c(-c2ccc(N3CCN(C(=O)C(C)C)CC3)cc2)nc(NCC2CNCCO2)c2nccnc12. The second-order valence-corrected chi connectivity index (χ2v) is 9.78. The smallest absolute Gasteiger partial charge is 0.225 e. The zero-order valence-corrected chi connectivity index (χ0v) is 21.3. The number of aromatic nitrogens is 3. The van der Waals surface area contributed by atoms with Gasteiger partial charge in [0, 0.05) is 80.9 Å². The van der Waals surface area contributed by atoms with Crippen molar-refractivity contribution in [2.75, 3.05) is 62.6 Å². The molecule has 9 heteroatoms. The number of nitrogens with one attached hydrogen (secondary N) is 2. The van der Waals surface area contributed by atoms with E-state index in [2.05, 4.69) is 56.7 Å². The first kappa shape index (κ1) is 24.4. The first-order chi connectivity index (χ1) is 17.5. The molecule has 0 saturated carbocycles. The molecule has 0 spiro atoms. The van der Waals surface area contributed by atoms with Crippen LogP contribution < -0.4 is 15.5 Å². The number of anilines is 2. The van der Waals surface area contributed by atoms with E-state index in [1.807, 2.05) is 18.7 Å². The number of ether oxygens (including phenoxy) is 1. The molecular weight excluding hydrogens is 454 g/mol. The van der Waals surface area contributed by atoms with Crippen LogP contribution in [0.15, 0.2) is 36.7 Å². The summed E-state index contributed by atoms with van der Waals surface area (Å²) in [6, 6.07) is 8.53. The van der Waals surface area contributed by atoms with Crippen LogP contribution in [-0.2, 0) is 9.53 Å². The number of fused-ring (bicyclic) bond motifs is 1. The number of rotatable bonds is 6. The predicted octanol–water partition coefficient (Wildman–Crippen LogP) is 2.71. The molecule has 0 aliphatic carbocycles. The highest BCUT2D eigenvalue weighted by molar-refractivity contribution is 5.92. The van der Waals surface area contributed by atoms with Gasteiger partial charge in [-0.1, -0.05) is 26.0 Å². The van der Waals surface area contributed by atoms with Crippen molar-refractivity contribution >= 4 is 28.4 Å². The van der Waals surface area contributed by atoms with Gasteiger partial charge in [0.1, 0.15) is 5.52 Å². The fourth-order valence-corrected chi connectivity index (χ4v) is 4.89. The summed E-state index contributed by atoms with van der Waals surface area (Å²) >= 11 is 0. The van der Waals surface area contributed by atoms with Gasteiger partial charge < -0.3 is 25.2 Å². The van der Waals surface area contributed by atoms with E-state index in [1.54, 1.807) is 12.4 Å². The lowest BCUT2D eigenvalue weighted by Crippen LogP contribution is -2.49. The standard InChI is InChI=1S/C27H35N7O2/c1-18(2)27(35)34-13-11-33(12-14-34)21-6-4-20(5-7-21)23-19(3)24-25(30-9-8-29-24)26(32-23)31-17-22-16-28-10-15-36-22/h4-9,18,22,28H,10-17H2,1-3H3,(H,31,32). The molecule has 2 N–H and O–H groups in total. The fourth-order valence-electron chi connectivity index (χ4n) is 4.89. The Balaban J connectivity index is 1.35. The van der Waals surface area contributed by atoms with Crippen LogP contribution in [0.25, 0.3) is 22.3 Å². The number of amides is 1. The summed E-state index contributed by atoms with van der Waals surface area (Å²) in [5.41, 5.74) is 5.72. The molecule has 1 atom stereocenters. The van der Waals surface area contributed by atoms with Gasteiger partial charge in [0.05, 0.1) is 23.9 Å². The molecule has 5 rings (SSSR count). The normalized spacial score (nSPS) is 18.6. The second kappa shape index (κ2) is 10.8. The van der Waals surface area contributed by atoms with Crippen molar-refractivity contribution in [1.29, 1.82) is 0 Å². The van der Waals surface area contributed by atoms with Crippen molar-refractivity contribution in [2.24, 2.45) is 5.92 Å². The van der Waals surface area contributed by atoms with Gasteiger partial charge >= 0.3 is 0 Å². The minimum atomic E-state index is 0.0458. The van der Waals surface area contributed by atoms with E-state index in [1.165, 1.54) is 0 Å². The molecule has 190 valence electrons. The van der Waals surface area contributed by atoms with Crippen molar-refractivity contribution in [2.45, 2.75) is 26.9 Å². The molecule has 1 amide bonds. The van der Waals surface area contributed by atoms with Gasteiger partial charge in [-0.25, -0.2) is 9.97 Å². The number of benzene rings is 1. The molecule has 0 bridgehead atoms. The zero-order chi connectivity index (χ0) is 25.1. The van der Waals surface area contributed by atoms with E-state index >= 15 is 0 Å². The minimum Gasteiger partial charge on any atom is -0.374 e. The zero-order valence-electron chi connectivity index (χ0n) is 21.3. The lowest BCUT2D eigenvalue weighted by Gasteiger charge is -2.37. The van der Waals surface area contributed by atoms with E-state index in [-0.39, 0.29) is 17.9 Å². The maximum absolute atomic E-state index is 12.3. The van der Waals surface area contributed by atoms with Crippen LogP contribution in [0.4, 0.5) is 11.5 Å². The molecule has 2 saturated heterocycles. The Bertz CT molecular complexity index is 1200. The highest BCUT2D eigenvalue weighted by Crippen LogP contribution is 2.31. The maximum Gasteiger partial charge on any atom is 0.225 e. The van der Waals surface area contributed by atoms with Crippen LogP contribution in [0.5, 0.6) is 0 Å². The average molecular weight is 490 g/mol. The topological polar surface area (TPSA) is 95.5 Å². The molecule has 2 aliphatic rings. The monoisotopic (exact) mass is 489 g/mol. The summed E-state index contributed by atoms with van der Waals surface area (Å²) < 4.78 is 5.84. The quantitative estimate of drug-likeness (QED) is 0.546. The Labute approximate surface area is 212 Å². The van der Waals surface area contributed by atoms with Gasteiger partial charge in [-0.3, -0.25) is 9.78 Å².